The molecule has 0 bridgehead atoms. The molecule has 1 aliphatic heterocycles. The van der Waals surface area contributed by atoms with Crippen LogP contribution in [0.1, 0.15) is 25.8 Å². The van der Waals surface area contributed by atoms with E-state index in [9.17, 15) is 8.42 Å². The van der Waals surface area contributed by atoms with E-state index in [1.54, 1.807) is 16.4 Å². The van der Waals surface area contributed by atoms with Crippen LogP contribution in [0.3, 0.4) is 0 Å². The molecule has 1 aromatic carbocycles. The predicted octanol–water partition coefficient (Wildman–Crippen LogP) is 2.41. The van der Waals surface area contributed by atoms with Crippen LogP contribution in [0.5, 0.6) is 0 Å². The number of benzene rings is 1. The summed E-state index contributed by atoms with van der Waals surface area (Å²) in [6, 6.07) is 7.25. The van der Waals surface area contributed by atoms with Gasteiger partial charge in [0.15, 0.2) is 0 Å². The minimum atomic E-state index is -3.28. The first-order chi connectivity index (χ1) is 7.93. The number of hydrogen-bond acceptors (Lipinski definition) is 2. The Balaban J connectivity index is 2.28. The van der Waals surface area contributed by atoms with Crippen molar-refractivity contribution < 1.29 is 8.42 Å². The molecule has 1 aliphatic rings. The second-order valence-electron chi connectivity index (χ2n) is 5.03. The van der Waals surface area contributed by atoms with Crippen molar-refractivity contribution >= 4 is 10.0 Å². The van der Waals surface area contributed by atoms with Crippen LogP contribution in [0.25, 0.3) is 0 Å². The lowest BCUT2D eigenvalue weighted by Crippen LogP contribution is -2.53. The highest BCUT2D eigenvalue weighted by atomic mass is 32.2. The molecule has 0 N–H and O–H groups in total. The van der Waals surface area contributed by atoms with Crippen LogP contribution >= 0.6 is 0 Å². The first-order valence-electron chi connectivity index (χ1n) is 6.01. The highest BCUT2D eigenvalue weighted by molar-refractivity contribution is 7.89. The molecule has 1 fully saturated rings. The van der Waals surface area contributed by atoms with Crippen LogP contribution in [-0.4, -0.2) is 25.3 Å². The molecule has 1 saturated heterocycles. The van der Waals surface area contributed by atoms with Gasteiger partial charge in [0.25, 0.3) is 0 Å². The van der Waals surface area contributed by atoms with Gasteiger partial charge in [0, 0.05) is 12.6 Å². The number of rotatable bonds is 3. The molecule has 0 aliphatic carbocycles. The van der Waals surface area contributed by atoms with Gasteiger partial charge in [-0.1, -0.05) is 31.5 Å². The molecule has 2 rings (SSSR count). The summed E-state index contributed by atoms with van der Waals surface area (Å²) in [5.41, 5.74) is 1.08. The maximum absolute atomic E-state index is 12.4. The molecule has 1 unspecified atom stereocenters. The lowest BCUT2D eigenvalue weighted by molar-refractivity contribution is 0.150. The molecule has 0 radical (unpaired) electrons. The van der Waals surface area contributed by atoms with E-state index in [2.05, 4.69) is 13.8 Å². The van der Waals surface area contributed by atoms with Crippen molar-refractivity contribution in [2.45, 2.75) is 38.1 Å². The van der Waals surface area contributed by atoms with Gasteiger partial charge >= 0.3 is 0 Å². The molecular weight excluding hydrogens is 234 g/mol. The maximum Gasteiger partial charge on any atom is 0.243 e. The summed E-state index contributed by atoms with van der Waals surface area (Å²) in [6.45, 7) is 6.75. The van der Waals surface area contributed by atoms with E-state index in [-0.39, 0.29) is 6.04 Å². The molecule has 94 valence electrons. The molecular formula is C13H19NO2S. The minimum absolute atomic E-state index is 0.168. The highest BCUT2D eigenvalue weighted by Gasteiger charge is 2.39. The zero-order valence-corrected chi connectivity index (χ0v) is 11.4. The molecule has 1 aromatic rings. The van der Waals surface area contributed by atoms with Crippen molar-refractivity contribution in [1.29, 1.82) is 0 Å². The van der Waals surface area contributed by atoms with Crippen molar-refractivity contribution in [2.75, 3.05) is 6.54 Å². The summed E-state index contributed by atoms with van der Waals surface area (Å²) in [4.78, 5) is 0.411. The zero-order chi connectivity index (χ0) is 12.6. The van der Waals surface area contributed by atoms with Crippen LogP contribution in [0, 0.1) is 12.8 Å². The second-order valence-corrected chi connectivity index (χ2v) is 6.92. The quantitative estimate of drug-likeness (QED) is 0.829. The third-order valence-electron chi connectivity index (χ3n) is 3.41. The van der Waals surface area contributed by atoms with Crippen molar-refractivity contribution in [3.8, 4) is 0 Å². The van der Waals surface area contributed by atoms with E-state index in [0.29, 0.717) is 17.4 Å². The normalized spacial score (nSPS) is 21.5. The van der Waals surface area contributed by atoms with Crippen LogP contribution in [0.15, 0.2) is 29.2 Å². The Morgan fingerprint density at radius 2 is 1.82 bits per heavy atom. The maximum atomic E-state index is 12.4. The van der Waals surface area contributed by atoms with Gasteiger partial charge in [-0.05, 0) is 31.4 Å². The van der Waals surface area contributed by atoms with Crippen molar-refractivity contribution in [3.63, 3.8) is 0 Å². The lowest BCUT2D eigenvalue weighted by Gasteiger charge is -2.42. The predicted molar refractivity (Wildman–Crippen MR) is 68.3 cm³/mol. The van der Waals surface area contributed by atoms with E-state index in [4.69, 9.17) is 0 Å². The van der Waals surface area contributed by atoms with Gasteiger partial charge in [-0.15, -0.1) is 0 Å². The monoisotopic (exact) mass is 253 g/mol. The summed E-state index contributed by atoms with van der Waals surface area (Å²) in [6.07, 6.45) is 0.975. The SMILES string of the molecule is Cc1ccc(S(=O)(=O)N2CCC2C(C)C)cc1. The van der Waals surface area contributed by atoms with E-state index < -0.39 is 10.0 Å². The highest BCUT2D eigenvalue weighted by Crippen LogP contribution is 2.31. The lowest BCUT2D eigenvalue weighted by atomic mass is 9.95. The Hall–Kier alpha value is -0.870. The molecule has 17 heavy (non-hydrogen) atoms. The molecule has 3 nitrogen and oxygen atoms in total. The Bertz CT molecular complexity index is 491. The molecule has 0 saturated carbocycles. The van der Waals surface area contributed by atoms with E-state index >= 15 is 0 Å². The number of sulfonamides is 1. The number of nitrogens with zero attached hydrogens (tertiary/aromatic N) is 1. The van der Waals surface area contributed by atoms with Gasteiger partial charge in [-0.3, -0.25) is 0 Å². The van der Waals surface area contributed by atoms with Gasteiger partial charge in [0.05, 0.1) is 4.90 Å². The van der Waals surface area contributed by atoms with E-state index in [0.717, 1.165) is 12.0 Å². The van der Waals surface area contributed by atoms with Crippen LogP contribution in [0.4, 0.5) is 0 Å². The number of hydrogen-bond donors (Lipinski definition) is 0. The molecule has 1 heterocycles. The molecule has 0 amide bonds. The Kier molecular flexibility index (Phi) is 3.27. The Morgan fingerprint density at radius 1 is 1.24 bits per heavy atom. The average molecular weight is 253 g/mol. The summed E-state index contributed by atoms with van der Waals surface area (Å²) in [5.74, 6) is 0.379. The zero-order valence-electron chi connectivity index (χ0n) is 10.6. The summed E-state index contributed by atoms with van der Waals surface area (Å²) >= 11 is 0. The standard InChI is InChI=1S/C13H19NO2S/c1-10(2)13-8-9-14(13)17(15,16)12-6-4-11(3)5-7-12/h4-7,10,13H,8-9H2,1-3H3. The van der Waals surface area contributed by atoms with Crippen molar-refractivity contribution in [3.05, 3.63) is 29.8 Å². The third kappa shape index (κ3) is 2.24. The summed E-state index contributed by atoms with van der Waals surface area (Å²) < 4.78 is 26.4. The smallest absolute Gasteiger partial charge is 0.207 e. The molecule has 1 atom stereocenters. The fraction of sp³-hybridized carbons (Fsp3) is 0.538. The van der Waals surface area contributed by atoms with Crippen molar-refractivity contribution in [1.82, 2.24) is 4.31 Å². The topological polar surface area (TPSA) is 37.4 Å². The second kappa shape index (κ2) is 4.42. The van der Waals surface area contributed by atoms with Crippen LogP contribution in [-0.2, 0) is 10.0 Å². The Labute approximate surface area is 104 Å². The van der Waals surface area contributed by atoms with Gasteiger partial charge in [-0.25, -0.2) is 8.42 Å². The van der Waals surface area contributed by atoms with Gasteiger partial charge in [0.2, 0.25) is 10.0 Å². The van der Waals surface area contributed by atoms with Crippen LogP contribution < -0.4 is 0 Å². The summed E-state index contributed by atoms with van der Waals surface area (Å²) in [7, 11) is -3.28. The summed E-state index contributed by atoms with van der Waals surface area (Å²) in [5, 5.41) is 0. The average Bonchev–Trinajstić information content (AvgIpc) is 2.14. The fourth-order valence-electron chi connectivity index (χ4n) is 2.19. The van der Waals surface area contributed by atoms with Crippen molar-refractivity contribution in [2.24, 2.45) is 5.92 Å². The van der Waals surface area contributed by atoms with Gasteiger partial charge in [0.1, 0.15) is 0 Å². The van der Waals surface area contributed by atoms with Gasteiger partial charge in [-0.2, -0.15) is 4.31 Å². The minimum Gasteiger partial charge on any atom is -0.207 e. The molecule has 0 aromatic heterocycles. The Morgan fingerprint density at radius 3 is 2.24 bits per heavy atom. The number of aryl methyl sites for hydroxylation is 1. The van der Waals surface area contributed by atoms with E-state index in [1.807, 2.05) is 19.1 Å². The fourth-order valence-corrected chi connectivity index (χ4v) is 4.00. The molecule has 4 heteroatoms. The first-order valence-corrected chi connectivity index (χ1v) is 7.45. The molecule has 0 spiro atoms. The third-order valence-corrected chi connectivity index (χ3v) is 5.35. The first kappa shape index (κ1) is 12.6. The van der Waals surface area contributed by atoms with E-state index in [1.165, 1.54) is 0 Å². The largest absolute Gasteiger partial charge is 0.243 e. The van der Waals surface area contributed by atoms with Gasteiger partial charge < -0.3 is 0 Å². The van der Waals surface area contributed by atoms with Crippen LogP contribution in [0.2, 0.25) is 0 Å².